The molecule has 2 aromatic carbocycles. The van der Waals surface area contributed by atoms with E-state index in [-0.39, 0.29) is 18.4 Å². The third kappa shape index (κ3) is 12.2. The molecule has 0 saturated carbocycles. The van der Waals surface area contributed by atoms with Crippen LogP contribution in [0.2, 0.25) is 0 Å². The van der Waals surface area contributed by atoms with Crippen LogP contribution in [0.4, 0.5) is 0 Å². The van der Waals surface area contributed by atoms with Gasteiger partial charge in [0.05, 0.1) is 26.4 Å². The fourth-order valence-corrected chi connectivity index (χ4v) is 2.91. The Kier molecular flexibility index (Phi) is 13.2. The number of aryl methyl sites for hydroxylation is 1. The highest BCUT2D eigenvalue weighted by Crippen LogP contribution is 2.13. The highest BCUT2D eigenvalue weighted by atomic mass is 16.5. The van der Waals surface area contributed by atoms with E-state index < -0.39 is 0 Å². The maximum atomic E-state index is 11.9. The van der Waals surface area contributed by atoms with E-state index in [1.807, 2.05) is 55.5 Å². The lowest BCUT2D eigenvalue weighted by atomic mass is 10.1. The van der Waals surface area contributed by atoms with Crippen molar-refractivity contribution in [2.45, 2.75) is 26.2 Å². The number of rotatable bonds is 17. The maximum Gasteiger partial charge on any atom is 0.246 e. The topological polar surface area (TPSA) is 95.1 Å². The van der Waals surface area contributed by atoms with Crippen LogP contribution in [0.5, 0.6) is 11.5 Å². The van der Waals surface area contributed by atoms with Crippen molar-refractivity contribution in [2.75, 3.05) is 53.2 Å². The van der Waals surface area contributed by atoms with Gasteiger partial charge < -0.3 is 29.6 Å². The first-order chi connectivity index (χ1) is 16.6. The van der Waals surface area contributed by atoms with Crippen LogP contribution in [0.15, 0.2) is 48.5 Å². The quantitative estimate of drug-likeness (QED) is 0.344. The first-order valence-corrected chi connectivity index (χ1v) is 11.6. The monoisotopic (exact) mass is 472 g/mol. The molecule has 8 nitrogen and oxygen atoms in total. The number of hydrogen-bond acceptors (Lipinski definition) is 6. The van der Waals surface area contributed by atoms with E-state index in [1.54, 1.807) is 7.05 Å². The Morgan fingerprint density at radius 2 is 1.44 bits per heavy atom. The van der Waals surface area contributed by atoms with E-state index in [0.717, 1.165) is 29.9 Å². The van der Waals surface area contributed by atoms with E-state index in [9.17, 15) is 9.59 Å². The average Bonchev–Trinajstić information content (AvgIpc) is 2.85. The Morgan fingerprint density at radius 3 is 2.15 bits per heavy atom. The van der Waals surface area contributed by atoms with Crippen molar-refractivity contribution in [3.8, 4) is 11.5 Å². The highest BCUT2D eigenvalue weighted by molar-refractivity contribution is 5.77. The van der Waals surface area contributed by atoms with Gasteiger partial charge in [0.1, 0.15) is 24.7 Å². The normalized spacial score (nSPS) is 10.5. The van der Waals surface area contributed by atoms with E-state index in [0.29, 0.717) is 46.0 Å². The van der Waals surface area contributed by atoms with Gasteiger partial charge in [-0.25, -0.2) is 0 Å². The van der Waals surface area contributed by atoms with Gasteiger partial charge in [0, 0.05) is 26.4 Å². The Hall–Kier alpha value is -3.10. The Labute approximate surface area is 201 Å². The average molecular weight is 473 g/mol. The molecule has 34 heavy (non-hydrogen) atoms. The van der Waals surface area contributed by atoms with Crippen LogP contribution in [0, 0.1) is 6.92 Å². The molecule has 0 aliphatic rings. The molecule has 2 aromatic rings. The van der Waals surface area contributed by atoms with Crippen LogP contribution in [-0.4, -0.2) is 65.0 Å². The zero-order valence-corrected chi connectivity index (χ0v) is 20.1. The van der Waals surface area contributed by atoms with Gasteiger partial charge in [0.2, 0.25) is 11.8 Å². The second-order valence-electron chi connectivity index (χ2n) is 7.70. The minimum atomic E-state index is -0.129. The molecule has 0 radical (unpaired) electrons. The molecule has 0 heterocycles. The minimum Gasteiger partial charge on any atom is -0.494 e. The molecule has 2 N–H and O–H groups in total. The molecule has 2 rings (SSSR count). The smallest absolute Gasteiger partial charge is 0.246 e. The largest absolute Gasteiger partial charge is 0.494 e. The predicted molar refractivity (Wildman–Crippen MR) is 130 cm³/mol. The molecule has 0 aromatic heterocycles. The summed E-state index contributed by atoms with van der Waals surface area (Å²) in [5, 5.41) is 5.41. The van der Waals surface area contributed by atoms with Crippen LogP contribution >= 0.6 is 0 Å². The zero-order valence-electron chi connectivity index (χ0n) is 20.1. The van der Waals surface area contributed by atoms with E-state index in [2.05, 4.69) is 10.6 Å². The van der Waals surface area contributed by atoms with Gasteiger partial charge in [-0.15, -0.1) is 0 Å². The predicted octanol–water partition coefficient (Wildman–Crippen LogP) is 2.67. The van der Waals surface area contributed by atoms with Gasteiger partial charge in [-0.1, -0.05) is 29.8 Å². The number of nitrogens with one attached hydrogen (secondary N) is 2. The third-order valence-electron chi connectivity index (χ3n) is 4.86. The second kappa shape index (κ2) is 16.5. The Bertz CT molecular complexity index is 839. The fraction of sp³-hybridized carbons (Fsp3) is 0.462. The van der Waals surface area contributed by atoms with Crippen LogP contribution in [-0.2, 0) is 25.5 Å². The van der Waals surface area contributed by atoms with Crippen LogP contribution in [0.3, 0.4) is 0 Å². The van der Waals surface area contributed by atoms with Gasteiger partial charge in [-0.2, -0.15) is 0 Å². The number of carbonyl (C=O) groups is 2. The maximum absolute atomic E-state index is 11.9. The molecule has 0 unspecified atom stereocenters. The summed E-state index contributed by atoms with van der Waals surface area (Å²) < 4.78 is 22.0. The van der Waals surface area contributed by atoms with Crippen molar-refractivity contribution in [2.24, 2.45) is 0 Å². The molecular weight excluding hydrogens is 436 g/mol. The summed E-state index contributed by atoms with van der Waals surface area (Å²) in [6.45, 7) is 4.86. The summed E-state index contributed by atoms with van der Waals surface area (Å²) in [5.41, 5.74) is 2.30. The van der Waals surface area contributed by atoms with Gasteiger partial charge in [0.25, 0.3) is 0 Å². The van der Waals surface area contributed by atoms with E-state index >= 15 is 0 Å². The first-order valence-electron chi connectivity index (χ1n) is 11.6. The zero-order chi connectivity index (χ0) is 24.4. The van der Waals surface area contributed by atoms with Crippen molar-refractivity contribution >= 4 is 11.8 Å². The lowest BCUT2D eigenvalue weighted by Crippen LogP contribution is -2.29. The molecule has 0 spiro atoms. The third-order valence-corrected chi connectivity index (χ3v) is 4.86. The van der Waals surface area contributed by atoms with Crippen LogP contribution in [0.1, 0.15) is 24.0 Å². The first kappa shape index (κ1) is 27.1. The van der Waals surface area contributed by atoms with Crippen LogP contribution < -0.4 is 20.1 Å². The number of carbonyl (C=O) groups excluding carboxylic acids is 2. The summed E-state index contributed by atoms with van der Waals surface area (Å²) in [6, 6.07) is 15.6. The molecular formula is C26H36N2O6. The molecule has 0 aliphatic carbocycles. The summed E-state index contributed by atoms with van der Waals surface area (Å²) >= 11 is 0. The van der Waals surface area contributed by atoms with Crippen molar-refractivity contribution < 1.29 is 28.5 Å². The van der Waals surface area contributed by atoms with Gasteiger partial charge >= 0.3 is 0 Å². The van der Waals surface area contributed by atoms with Crippen molar-refractivity contribution in [1.82, 2.24) is 10.6 Å². The molecule has 0 saturated heterocycles. The second-order valence-corrected chi connectivity index (χ2v) is 7.70. The van der Waals surface area contributed by atoms with Gasteiger partial charge in [-0.3, -0.25) is 9.59 Å². The number of amides is 2. The van der Waals surface area contributed by atoms with Gasteiger partial charge in [-0.05, 0) is 43.2 Å². The molecule has 8 heteroatoms. The number of hydrogen-bond donors (Lipinski definition) is 2. The van der Waals surface area contributed by atoms with Crippen molar-refractivity contribution in [3.63, 3.8) is 0 Å². The lowest BCUT2D eigenvalue weighted by molar-refractivity contribution is -0.125. The summed E-state index contributed by atoms with van der Waals surface area (Å²) in [5.74, 6) is 1.42. The van der Waals surface area contributed by atoms with Crippen molar-refractivity contribution in [3.05, 3.63) is 59.7 Å². The lowest BCUT2D eigenvalue weighted by Gasteiger charge is -2.09. The standard InChI is InChI=1S/C26H36N2O6/c1-21-4-8-23(9-5-21)33-16-3-15-32-20-26(30)28-14-12-22-6-10-24(11-7-22)34-19-18-31-17-13-25(29)27-2/h4-11H,3,12-20H2,1-2H3,(H,27,29)(H,28,30). The summed E-state index contributed by atoms with van der Waals surface area (Å²) in [6.07, 6.45) is 1.79. The molecule has 0 bridgehead atoms. The number of ether oxygens (including phenoxy) is 4. The van der Waals surface area contributed by atoms with Crippen molar-refractivity contribution in [1.29, 1.82) is 0 Å². The van der Waals surface area contributed by atoms with E-state index in [4.69, 9.17) is 18.9 Å². The van der Waals surface area contributed by atoms with E-state index in [1.165, 1.54) is 5.56 Å². The summed E-state index contributed by atoms with van der Waals surface area (Å²) in [7, 11) is 1.60. The molecule has 186 valence electrons. The van der Waals surface area contributed by atoms with Gasteiger partial charge in [0.15, 0.2) is 0 Å². The molecule has 0 aliphatic heterocycles. The Morgan fingerprint density at radius 1 is 0.765 bits per heavy atom. The minimum absolute atomic E-state index is 0.0418. The SMILES string of the molecule is CNC(=O)CCOCCOc1ccc(CCNC(=O)COCCCOc2ccc(C)cc2)cc1. The Balaban J connectivity index is 1.46. The summed E-state index contributed by atoms with van der Waals surface area (Å²) in [4.78, 5) is 23.0. The molecule has 0 atom stereocenters. The highest BCUT2D eigenvalue weighted by Gasteiger charge is 2.03. The molecule has 0 fully saturated rings. The van der Waals surface area contributed by atoms with Crippen LogP contribution in [0.25, 0.3) is 0 Å². The fourth-order valence-electron chi connectivity index (χ4n) is 2.91. The number of benzene rings is 2. The molecule has 2 amide bonds.